The Bertz CT molecular complexity index is 1080. The molecule has 1 fully saturated rings. The molecule has 0 aliphatic carbocycles. The van der Waals surface area contributed by atoms with E-state index in [1.54, 1.807) is 11.8 Å². The molecule has 1 atom stereocenters. The summed E-state index contributed by atoms with van der Waals surface area (Å²) in [7, 11) is 1.23. The van der Waals surface area contributed by atoms with Gasteiger partial charge in [-0.1, -0.05) is 5.92 Å². The Hall–Kier alpha value is -3.67. The summed E-state index contributed by atoms with van der Waals surface area (Å²) in [4.78, 5) is 30.0. The van der Waals surface area contributed by atoms with Crippen molar-refractivity contribution in [2.24, 2.45) is 0 Å². The molecule has 162 valence electrons. The van der Waals surface area contributed by atoms with E-state index in [9.17, 15) is 23.5 Å². The van der Waals surface area contributed by atoms with Crippen LogP contribution in [0.3, 0.4) is 0 Å². The van der Waals surface area contributed by atoms with Gasteiger partial charge in [-0.15, -0.1) is 6.42 Å². The first kappa shape index (κ1) is 22.0. The average Bonchev–Trinajstić information content (AvgIpc) is 2.75. The Morgan fingerprint density at radius 2 is 2.10 bits per heavy atom. The number of carbonyl (C=O) groups excluding carboxylic acids is 1. The normalized spacial score (nSPS) is 18.2. The van der Waals surface area contributed by atoms with Crippen molar-refractivity contribution in [3.8, 4) is 23.6 Å². The number of alkyl carbamates (subject to hydrolysis) is 1. The lowest BCUT2D eigenvalue weighted by atomic mass is 9.89. The number of nitrogens with one attached hydrogen (secondary N) is 1. The smallest absolute Gasteiger partial charge is 0.408 e. The van der Waals surface area contributed by atoms with Gasteiger partial charge in [-0.05, 0) is 43.5 Å². The summed E-state index contributed by atoms with van der Waals surface area (Å²) in [5.41, 5.74) is 0.0486. The number of halogens is 2. The molecule has 1 aliphatic rings. The number of carboxylic acid groups (broad SMARTS) is 1. The number of nitrogens with zero attached hydrogens (tertiary/aromatic N) is 2. The molecule has 0 bridgehead atoms. The predicted molar refractivity (Wildman–Crippen MR) is 110 cm³/mol. The number of hydrogen-bond acceptors (Lipinski definition) is 5. The number of pyridine rings is 1. The molecule has 2 heterocycles. The molecule has 3 rings (SSSR count). The molecule has 2 N–H and O–H groups in total. The van der Waals surface area contributed by atoms with Crippen molar-refractivity contribution in [3.05, 3.63) is 47.2 Å². The second-order valence-corrected chi connectivity index (χ2v) is 7.29. The van der Waals surface area contributed by atoms with Crippen LogP contribution in [0.5, 0.6) is 0 Å². The highest BCUT2D eigenvalue weighted by molar-refractivity contribution is 5.98. The summed E-state index contributed by atoms with van der Waals surface area (Å²) in [5.74, 6) is -0.660. The zero-order chi connectivity index (χ0) is 22.8. The highest BCUT2D eigenvalue weighted by Crippen LogP contribution is 2.34. The molecule has 7 nitrogen and oxygen atoms in total. The lowest BCUT2D eigenvalue weighted by Crippen LogP contribution is -2.58. The molecule has 1 aromatic carbocycles. The number of aromatic carboxylic acids is 1. The number of terminal acetylenes is 1. The first-order chi connectivity index (χ1) is 14.7. The minimum atomic E-state index is -1.20. The molecule has 1 amide bonds. The van der Waals surface area contributed by atoms with Crippen LogP contribution in [-0.2, 0) is 4.74 Å². The van der Waals surface area contributed by atoms with E-state index in [0.29, 0.717) is 30.6 Å². The SMILES string of the molecule is C#CC1(NC(=O)OC)CCCN(c2cnc(-c3ccc(F)c(F)c3)c(C)c2C(=O)O)C1. The van der Waals surface area contributed by atoms with Gasteiger partial charge in [-0.2, -0.15) is 0 Å². The van der Waals surface area contributed by atoms with Crippen LogP contribution >= 0.6 is 0 Å². The Morgan fingerprint density at radius 1 is 1.35 bits per heavy atom. The lowest BCUT2D eigenvalue weighted by Gasteiger charge is -2.41. The van der Waals surface area contributed by atoms with E-state index < -0.39 is 29.2 Å². The van der Waals surface area contributed by atoms with Crippen LogP contribution in [-0.4, -0.2) is 47.9 Å². The largest absolute Gasteiger partial charge is 0.478 e. The molecule has 31 heavy (non-hydrogen) atoms. The molecule has 1 aromatic heterocycles. The third-order valence-electron chi connectivity index (χ3n) is 5.35. The molecule has 0 radical (unpaired) electrons. The fraction of sp³-hybridized carbons (Fsp3) is 0.318. The molecule has 0 saturated carbocycles. The summed E-state index contributed by atoms with van der Waals surface area (Å²) in [6.45, 7) is 2.21. The third-order valence-corrected chi connectivity index (χ3v) is 5.35. The van der Waals surface area contributed by atoms with Gasteiger partial charge >= 0.3 is 12.1 Å². The van der Waals surface area contributed by atoms with E-state index >= 15 is 0 Å². The Kier molecular flexibility index (Phi) is 6.11. The zero-order valence-corrected chi connectivity index (χ0v) is 17.0. The fourth-order valence-corrected chi connectivity index (χ4v) is 3.81. The number of carboxylic acids is 1. The topological polar surface area (TPSA) is 91.8 Å². The summed E-state index contributed by atoms with van der Waals surface area (Å²) < 4.78 is 31.7. The molecule has 1 aliphatic heterocycles. The van der Waals surface area contributed by atoms with Crippen molar-refractivity contribution in [2.45, 2.75) is 25.3 Å². The number of ether oxygens (including phenoxy) is 1. The van der Waals surface area contributed by atoms with Gasteiger partial charge in [-0.25, -0.2) is 18.4 Å². The van der Waals surface area contributed by atoms with E-state index in [0.717, 1.165) is 12.1 Å². The molecular formula is C22H21F2N3O4. The van der Waals surface area contributed by atoms with E-state index in [-0.39, 0.29) is 23.4 Å². The fourth-order valence-electron chi connectivity index (χ4n) is 3.81. The third kappa shape index (κ3) is 4.28. The van der Waals surface area contributed by atoms with Crippen LogP contribution in [0, 0.1) is 30.9 Å². The number of aromatic nitrogens is 1. The van der Waals surface area contributed by atoms with Crippen molar-refractivity contribution >= 4 is 17.7 Å². The van der Waals surface area contributed by atoms with Crippen LogP contribution in [0.15, 0.2) is 24.4 Å². The number of rotatable bonds is 4. The first-order valence-electron chi connectivity index (χ1n) is 9.48. The number of anilines is 1. The van der Waals surface area contributed by atoms with Gasteiger partial charge < -0.3 is 20.1 Å². The van der Waals surface area contributed by atoms with Gasteiger partial charge in [0.2, 0.25) is 0 Å². The number of benzene rings is 1. The summed E-state index contributed by atoms with van der Waals surface area (Å²) in [5, 5.41) is 12.6. The zero-order valence-electron chi connectivity index (χ0n) is 17.0. The van der Waals surface area contributed by atoms with Crippen LogP contribution in [0.4, 0.5) is 19.3 Å². The molecule has 1 unspecified atom stereocenters. The monoisotopic (exact) mass is 429 g/mol. The maximum absolute atomic E-state index is 13.7. The number of methoxy groups -OCH3 is 1. The van der Waals surface area contributed by atoms with Crippen molar-refractivity contribution in [3.63, 3.8) is 0 Å². The molecule has 9 heteroatoms. The standard InChI is InChI=1S/C22H21F2N3O4/c1-4-22(26-21(30)31-3)8-5-9-27(12-22)17-11-25-19(13(2)18(17)20(28)29)14-6-7-15(23)16(24)10-14/h1,6-7,10-11H,5,8-9,12H2,2-3H3,(H,26,30)(H,28,29). The van der Waals surface area contributed by atoms with Crippen molar-refractivity contribution in [2.75, 3.05) is 25.1 Å². The van der Waals surface area contributed by atoms with Gasteiger partial charge in [0.25, 0.3) is 0 Å². The van der Waals surface area contributed by atoms with E-state index in [2.05, 4.69) is 21.0 Å². The van der Waals surface area contributed by atoms with Crippen LogP contribution in [0.2, 0.25) is 0 Å². The Morgan fingerprint density at radius 3 is 2.71 bits per heavy atom. The van der Waals surface area contributed by atoms with Crippen LogP contribution in [0.25, 0.3) is 11.3 Å². The number of piperidine rings is 1. The molecule has 1 saturated heterocycles. The van der Waals surface area contributed by atoms with E-state index in [1.807, 2.05) is 0 Å². The van der Waals surface area contributed by atoms with Crippen molar-refractivity contribution in [1.82, 2.24) is 10.3 Å². The second-order valence-electron chi connectivity index (χ2n) is 7.29. The maximum Gasteiger partial charge on any atom is 0.408 e. The average molecular weight is 429 g/mol. The van der Waals surface area contributed by atoms with E-state index in [1.165, 1.54) is 19.4 Å². The maximum atomic E-state index is 13.7. The summed E-state index contributed by atoms with van der Waals surface area (Å²) >= 11 is 0. The number of hydrogen-bond donors (Lipinski definition) is 2. The lowest BCUT2D eigenvalue weighted by molar-refractivity contribution is 0.0696. The first-order valence-corrected chi connectivity index (χ1v) is 9.48. The van der Waals surface area contributed by atoms with Gasteiger partial charge in [-0.3, -0.25) is 4.98 Å². The summed E-state index contributed by atoms with van der Waals surface area (Å²) in [6.07, 6.45) is 7.48. The molecule has 0 spiro atoms. The van der Waals surface area contributed by atoms with E-state index in [4.69, 9.17) is 6.42 Å². The van der Waals surface area contributed by atoms with Gasteiger partial charge in [0.15, 0.2) is 11.6 Å². The number of amides is 1. The van der Waals surface area contributed by atoms with Crippen molar-refractivity contribution in [1.29, 1.82) is 0 Å². The highest BCUT2D eigenvalue weighted by atomic mass is 19.2. The quantitative estimate of drug-likeness (QED) is 0.725. The second kappa shape index (κ2) is 8.60. The minimum Gasteiger partial charge on any atom is -0.478 e. The highest BCUT2D eigenvalue weighted by Gasteiger charge is 2.37. The Labute approximate surface area is 178 Å². The summed E-state index contributed by atoms with van der Waals surface area (Å²) in [6, 6.07) is 3.27. The molecule has 2 aromatic rings. The van der Waals surface area contributed by atoms with Crippen LogP contribution < -0.4 is 10.2 Å². The number of carbonyl (C=O) groups is 2. The van der Waals surface area contributed by atoms with Gasteiger partial charge in [0.1, 0.15) is 5.54 Å². The van der Waals surface area contributed by atoms with Crippen molar-refractivity contribution < 1.29 is 28.2 Å². The van der Waals surface area contributed by atoms with Crippen LogP contribution in [0.1, 0.15) is 28.8 Å². The van der Waals surface area contributed by atoms with Gasteiger partial charge in [0, 0.05) is 12.1 Å². The molecular weight excluding hydrogens is 408 g/mol. The minimum absolute atomic E-state index is 0.0272. The Balaban J connectivity index is 2.04. The van der Waals surface area contributed by atoms with Gasteiger partial charge in [0.05, 0.1) is 36.8 Å². The predicted octanol–water partition coefficient (Wildman–Crippen LogP) is 3.36.